The third-order valence-corrected chi connectivity index (χ3v) is 6.60. The van der Waals surface area contributed by atoms with Gasteiger partial charge in [0.1, 0.15) is 17.3 Å². The summed E-state index contributed by atoms with van der Waals surface area (Å²) >= 11 is 1.53. The Morgan fingerprint density at radius 1 is 1.06 bits per heavy atom. The highest BCUT2D eigenvalue weighted by Crippen LogP contribution is 2.38. The van der Waals surface area contributed by atoms with E-state index in [1.54, 1.807) is 19.1 Å². The number of carboxylic acids is 1. The lowest BCUT2D eigenvalue weighted by Crippen LogP contribution is -2.47. The molecular weight excluding hydrogens is 478 g/mol. The van der Waals surface area contributed by atoms with E-state index < -0.39 is 18.0 Å². The van der Waals surface area contributed by atoms with Crippen LogP contribution in [-0.4, -0.2) is 40.5 Å². The molecule has 1 aliphatic heterocycles. The number of fused-ring (bicyclic) bond motifs is 1. The summed E-state index contributed by atoms with van der Waals surface area (Å²) < 4.78 is 5.78. The molecule has 4 aromatic rings. The third kappa shape index (κ3) is 4.69. The Hall–Kier alpha value is -4.50. The molecule has 1 unspecified atom stereocenters. The van der Waals surface area contributed by atoms with Crippen molar-refractivity contribution < 1.29 is 24.2 Å². The molecule has 0 saturated heterocycles. The highest BCUT2D eigenvalue weighted by atomic mass is 32.1. The van der Waals surface area contributed by atoms with Gasteiger partial charge in [-0.3, -0.25) is 14.5 Å². The van der Waals surface area contributed by atoms with Crippen molar-refractivity contribution in [2.24, 2.45) is 0 Å². The number of nitrogens with zero attached hydrogens (tertiary/aromatic N) is 2. The predicted molar refractivity (Wildman–Crippen MR) is 137 cm³/mol. The van der Waals surface area contributed by atoms with Crippen LogP contribution in [0.5, 0.6) is 5.75 Å². The van der Waals surface area contributed by atoms with Gasteiger partial charge in [0.2, 0.25) is 5.91 Å². The minimum absolute atomic E-state index is 0.115. The van der Waals surface area contributed by atoms with Gasteiger partial charge in [-0.1, -0.05) is 30.3 Å². The molecule has 0 radical (unpaired) electrons. The SMILES string of the molecule is CC1Oc2ccc(-c3csc(-c4ccccc4)n3)cc2N(CC(=O)Nc2ccc(C(=O)O)cc2)C1=O. The summed E-state index contributed by atoms with van der Waals surface area (Å²) in [5.74, 6) is -1.30. The van der Waals surface area contributed by atoms with Gasteiger partial charge >= 0.3 is 5.97 Å². The van der Waals surface area contributed by atoms with E-state index in [0.717, 1.165) is 21.8 Å². The number of hydrogen-bond acceptors (Lipinski definition) is 6. The van der Waals surface area contributed by atoms with Crippen LogP contribution in [0.4, 0.5) is 11.4 Å². The Bertz CT molecular complexity index is 1450. The number of carbonyl (C=O) groups is 3. The maximum absolute atomic E-state index is 13.0. The number of carboxylic acid groups (broad SMARTS) is 1. The molecule has 180 valence electrons. The van der Waals surface area contributed by atoms with Gasteiger partial charge in [0.15, 0.2) is 6.10 Å². The highest BCUT2D eigenvalue weighted by molar-refractivity contribution is 7.13. The number of amides is 2. The van der Waals surface area contributed by atoms with Gasteiger partial charge in [0.25, 0.3) is 5.91 Å². The number of thiazole rings is 1. The maximum Gasteiger partial charge on any atom is 0.335 e. The summed E-state index contributed by atoms with van der Waals surface area (Å²) in [6.07, 6.45) is -0.741. The number of ether oxygens (including phenoxy) is 1. The van der Waals surface area contributed by atoms with Crippen LogP contribution in [0, 0.1) is 0 Å². The van der Waals surface area contributed by atoms with Crippen LogP contribution >= 0.6 is 11.3 Å². The van der Waals surface area contributed by atoms with Crippen molar-refractivity contribution in [1.29, 1.82) is 0 Å². The molecule has 2 amide bonds. The first kappa shape index (κ1) is 23.3. The first-order valence-corrected chi connectivity index (χ1v) is 12.0. The Balaban J connectivity index is 1.39. The van der Waals surface area contributed by atoms with Gasteiger partial charge < -0.3 is 15.2 Å². The van der Waals surface area contributed by atoms with Crippen molar-refractivity contribution in [3.05, 3.63) is 83.7 Å². The van der Waals surface area contributed by atoms with E-state index in [1.165, 1.54) is 40.5 Å². The molecule has 2 heterocycles. The van der Waals surface area contributed by atoms with Crippen molar-refractivity contribution in [1.82, 2.24) is 4.98 Å². The largest absolute Gasteiger partial charge is 0.479 e. The van der Waals surface area contributed by atoms with Crippen molar-refractivity contribution in [2.45, 2.75) is 13.0 Å². The molecule has 8 nitrogen and oxygen atoms in total. The number of hydrogen-bond donors (Lipinski definition) is 2. The highest BCUT2D eigenvalue weighted by Gasteiger charge is 2.33. The van der Waals surface area contributed by atoms with Crippen LogP contribution in [0.1, 0.15) is 17.3 Å². The van der Waals surface area contributed by atoms with Crippen molar-refractivity contribution in [3.8, 4) is 27.6 Å². The zero-order valence-corrected chi connectivity index (χ0v) is 20.0. The second-order valence-corrected chi connectivity index (χ2v) is 9.06. The number of benzene rings is 3. The fourth-order valence-electron chi connectivity index (χ4n) is 3.89. The summed E-state index contributed by atoms with van der Waals surface area (Å²) in [4.78, 5) is 43.0. The molecule has 0 aliphatic carbocycles. The van der Waals surface area contributed by atoms with E-state index in [4.69, 9.17) is 14.8 Å². The minimum Gasteiger partial charge on any atom is -0.479 e. The van der Waals surface area contributed by atoms with Gasteiger partial charge in [-0.25, -0.2) is 9.78 Å². The van der Waals surface area contributed by atoms with Gasteiger partial charge in [-0.15, -0.1) is 11.3 Å². The molecule has 1 aliphatic rings. The molecule has 3 aromatic carbocycles. The van der Waals surface area contributed by atoms with Crippen molar-refractivity contribution in [3.63, 3.8) is 0 Å². The van der Waals surface area contributed by atoms with E-state index in [0.29, 0.717) is 17.1 Å². The van der Waals surface area contributed by atoms with E-state index in [2.05, 4.69) is 5.32 Å². The molecule has 5 rings (SSSR count). The number of aromatic nitrogens is 1. The monoisotopic (exact) mass is 499 g/mol. The molecule has 2 N–H and O–H groups in total. The number of carbonyl (C=O) groups excluding carboxylic acids is 2. The van der Waals surface area contributed by atoms with Gasteiger partial charge in [0.05, 0.1) is 16.9 Å². The second kappa shape index (κ2) is 9.63. The molecule has 36 heavy (non-hydrogen) atoms. The maximum atomic E-state index is 13.0. The summed E-state index contributed by atoms with van der Waals surface area (Å²) in [7, 11) is 0. The van der Waals surface area contributed by atoms with Gasteiger partial charge in [-0.2, -0.15) is 0 Å². The summed E-state index contributed by atoms with van der Waals surface area (Å²) in [5, 5.41) is 14.6. The first-order chi connectivity index (χ1) is 17.4. The quantitative estimate of drug-likeness (QED) is 0.390. The standard InChI is InChI=1S/C27H21N3O5S/c1-16-26(32)30(14-24(31)28-20-10-7-18(8-11-20)27(33)34)22-13-19(9-12-23(22)35-16)21-15-36-25(29-21)17-5-3-2-4-6-17/h2-13,15-16H,14H2,1H3,(H,28,31)(H,33,34). The first-order valence-electron chi connectivity index (χ1n) is 11.2. The van der Waals surface area contributed by atoms with Crippen LogP contribution in [0.25, 0.3) is 21.8 Å². The summed E-state index contributed by atoms with van der Waals surface area (Å²) in [6, 6.07) is 21.2. The van der Waals surface area contributed by atoms with Crippen LogP contribution in [0.3, 0.4) is 0 Å². The normalized spacial score (nSPS) is 14.6. The number of rotatable bonds is 6. The lowest BCUT2D eigenvalue weighted by molar-refractivity contribution is -0.127. The molecule has 0 saturated carbocycles. The zero-order chi connectivity index (χ0) is 25.2. The Kier molecular flexibility index (Phi) is 6.22. The fraction of sp³-hybridized carbons (Fsp3) is 0.111. The van der Waals surface area contributed by atoms with E-state index in [-0.39, 0.29) is 18.0 Å². The fourth-order valence-corrected chi connectivity index (χ4v) is 4.72. The smallest absolute Gasteiger partial charge is 0.335 e. The van der Waals surface area contributed by atoms with E-state index >= 15 is 0 Å². The number of anilines is 2. The van der Waals surface area contributed by atoms with Crippen LogP contribution < -0.4 is 15.0 Å². The molecular formula is C27H21N3O5S. The lowest BCUT2D eigenvalue weighted by Gasteiger charge is -2.32. The molecule has 0 bridgehead atoms. The molecule has 0 fully saturated rings. The molecule has 9 heteroatoms. The van der Waals surface area contributed by atoms with Gasteiger partial charge in [0, 0.05) is 22.2 Å². The topological polar surface area (TPSA) is 109 Å². The average molecular weight is 500 g/mol. The van der Waals surface area contributed by atoms with E-state index in [1.807, 2.05) is 41.8 Å². The average Bonchev–Trinajstić information content (AvgIpc) is 3.38. The van der Waals surface area contributed by atoms with E-state index in [9.17, 15) is 14.4 Å². The molecule has 0 spiro atoms. The number of aromatic carboxylic acids is 1. The van der Waals surface area contributed by atoms with Crippen LogP contribution in [-0.2, 0) is 9.59 Å². The van der Waals surface area contributed by atoms with Gasteiger partial charge in [-0.05, 0) is 49.4 Å². The Morgan fingerprint density at radius 3 is 2.53 bits per heavy atom. The van der Waals surface area contributed by atoms with Crippen LogP contribution in [0.15, 0.2) is 78.2 Å². The summed E-state index contributed by atoms with van der Waals surface area (Å²) in [5.41, 5.74) is 3.62. The Labute approximate surface area is 210 Å². The zero-order valence-electron chi connectivity index (χ0n) is 19.2. The van der Waals surface area contributed by atoms with Crippen molar-refractivity contribution in [2.75, 3.05) is 16.8 Å². The van der Waals surface area contributed by atoms with Crippen molar-refractivity contribution >= 4 is 40.5 Å². The second-order valence-electron chi connectivity index (χ2n) is 8.20. The predicted octanol–water partition coefficient (Wildman–Crippen LogP) is 4.93. The number of nitrogens with one attached hydrogen (secondary N) is 1. The minimum atomic E-state index is -1.05. The van der Waals surface area contributed by atoms with Crippen LogP contribution in [0.2, 0.25) is 0 Å². The lowest BCUT2D eigenvalue weighted by atomic mass is 10.1. The molecule has 1 atom stereocenters. The summed E-state index contributed by atoms with van der Waals surface area (Å²) in [6.45, 7) is 1.41. The molecule has 1 aromatic heterocycles. The Morgan fingerprint density at radius 2 is 1.81 bits per heavy atom. The third-order valence-electron chi connectivity index (χ3n) is 5.71.